The Morgan fingerprint density at radius 2 is 2.00 bits per heavy atom. The molecule has 0 amide bonds. The first-order valence-corrected chi connectivity index (χ1v) is 8.18. The quantitative estimate of drug-likeness (QED) is 0.393. The van der Waals surface area contributed by atoms with Crippen molar-refractivity contribution in [1.29, 1.82) is 0 Å². The van der Waals surface area contributed by atoms with Crippen LogP contribution < -0.4 is 10.1 Å². The highest BCUT2D eigenvalue weighted by atomic mass is 127. The Labute approximate surface area is 166 Å². The Bertz CT molecular complexity index is 655. The van der Waals surface area contributed by atoms with Crippen LogP contribution in [0.25, 0.3) is 0 Å². The van der Waals surface area contributed by atoms with Gasteiger partial charge in [-0.05, 0) is 31.5 Å². The predicted molar refractivity (Wildman–Crippen MR) is 110 cm³/mol. The molecule has 0 aliphatic heterocycles. The van der Waals surface area contributed by atoms with Gasteiger partial charge in [0.2, 0.25) is 0 Å². The Hall–Kier alpha value is -1.84. The van der Waals surface area contributed by atoms with Crippen molar-refractivity contribution in [3.8, 4) is 5.75 Å². The van der Waals surface area contributed by atoms with E-state index in [1.165, 1.54) is 5.56 Å². The summed E-state index contributed by atoms with van der Waals surface area (Å²) in [7, 11) is 3.79. The van der Waals surface area contributed by atoms with Gasteiger partial charge < -0.3 is 19.5 Å². The molecule has 0 aliphatic rings. The zero-order chi connectivity index (χ0) is 17.4. The number of aromatic nitrogens is 3. The lowest BCUT2D eigenvalue weighted by atomic mass is 10.2. The molecule has 2 rings (SSSR count). The molecule has 138 valence electrons. The summed E-state index contributed by atoms with van der Waals surface area (Å²) in [4.78, 5) is 6.41. The monoisotopic (exact) mass is 458 g/mol. The maximum absolute atomic E-state index is 5.47. The Kier molecular flexibility index (Phi) is 9.25. The first kappa shape index (κ1) is 21.2. The average Bonchev–Trinajstić information content (AvgIpc) is 3.05. The lowest BCUT2D eigenvalue weighted by Gasteiger charge is -2.22. The summed E-state index contributed by atoms with van der Waals surface area (Å²) in [6.45, 7) is 6.93. The molecule has 0 fully saturated rings. The van der Waals surface area contributed by atoms with E-state index >= 15 is 0 Å². The smallest absolute Gasteiger partial charge is 0.194 e. The van der Waals surface area contributed by atoms with Crippen LogP contribution >= 0.6 is 24.0 Å². The number of nitrogens with zero attached hydrogens (tertiary/aromatic N) is 5. The number of aryl methyl sites for hydroxylation is 1. The van der Waals surface area contributed by atoms with E-state index < -0.39 is 0 Å². The molecule has 0 unspecified atom stereocenters. The highest BCUT2D eigenvalue weighted by Crippen LogP contribution is 2.13. The minimum absolute atomic E-state index is 0. The first-order valence-electron chi connectivity index (χ1n) is 8.18. The molecule has 1 aromatic heterocycles. The summed E-state index contributed by atoms with van der Waals surface area (Å²) < 4.78 is 7.48. The van der Waals surface area contributed by atoms with E-state index in [1.807, 2.05) is 30.7 Å². The van der Waals surface area contributed by atoms with Gasteiger partial charge in [0, 0.05) is 27.2 Å². The normalized spacial score (nSPS) is 11.0. The molecule has 0 bridgehead atoms. The molecule has 0 spiro atoms. The molecule has 0 saturated heterocycles. The average molecular weight is 458 g/mol. The molecule has 1 heterocycles. The standard InChI is InChI=1S/C17H26N6O.HI/c1-5-23-13-20-21-16(23)11-19-17(18-3)22(4)12-14-7-9-15(10-8-14)24-6-2;/h7-10,13H,5-6,11-12H2,1-4H3,(H,18,19);1H. The second-order valence-corrected chi connectivity index (χ2v) is 5.37. The molecule has 8 heteroatoms. The van der Waals surface area contributed by atoms with Crippen LogP contribution in [0.3, 0.4) is 0 Å². The number of ether oxygens (including phenoxy) is 1. The van der Waals surface area contributed by atoms with Crippen LogP contribution in [-0.4, -0.2) is 46.3 Å². The van der Waals surface area contributed by atoms with Gasteiger partial charge in [0.1, 0.15) is 12.1 Å². The van der Waals surface area contributed by atoms with Gasteiger partial charge >= 0.3 is 0 Å². The van der Waals surface area contributed by atoms with E-state index in [9.17, 15) is 0 Å². The second-order valence-electron chi connectivity index (χ2n) is 5.37. The van der Waals surface area contributed by atoms with Crippen molar-refractivity contribution in [2.75, 3.05) is 20.7 Å². The number of halogens is 1. The van der Waals surface area contributed by atoms with E-state index in [0.717, 1.165) is 30.6 Å². The predicted octanol–water partition coefficient (Wildman–Crippen LogP) is 2.52. The summed E-state index contributed by atoms with van der Waals surface area (Å²) in [6, 6.07) is 8.13. The summed E-state index contributed by atoms with van der Waals surface area (Å²) in [5.74, 6) is 2.60. The highest BCUT2D eigenvalue weighted by Gasteiger charge is 2.09. The number of rotatable bonds is 7. The molecule has 0 aliphatic carbocycles. The van der Waals surface area contributed by atoms with Crippen LogP contribution in [0.4, 0.5) is 0 Å². The number of benzene rings is 1. The second kappa shape index (κ2) is 10.9. The van der Waals surface area contributed by atoms with Crippen molar-refractivity contribution < 1.29 is 4.74 Å². The Morgan fingerprint density at radius 3 is 2.60 bits per heavy atom. The molecular formula is C17H27IN6O. The molecule has 0 saturated carbocycles. The fourth-order valence-corrected chi connectivity index (χ4v) is 2.43. The highest BCUT2D eigenvalue weighted by molar-refractivity contribution is 14.0. The van der Waals surface area contributed by atoms with Gasteiger partial charge in [-0.1, -0.05) is 12.1 Å². The first-order chi connectivity index (χ1) is 11.7. The van der Waals surface area contributed by atoms with Gasteiger partial charge in [-0.25, -0.2) is 0 Å². The third-order valence-electron chi connectivity index (χ3n) is 3.67. The van der Waals surface area contributed by atoms with Crippen molar-refractivity contribution in [3.05, 3.63) is 42.0 Å². The van der Waals surface area contributed by atoms with Crippen molar-refractivity contribution >= 4 is 29.9 Å². The summed E-state index contributed by atoms with van der Waals surface area (Å²) in [6.07, 6.45) is 1.74. The zero-order valence-corrected chi connectivity index (χ0v) is 17.6. The van der Waals surface area contributed by atoms with Gasteiger partial charge in [-0.15, -0.1) is 34.2 Å². The fraction of sp³-hybridized carbons (Fsp3) is 0.471. The van der Waals surface area contributed by atoms with Crippen LogP contribution in [0.5, 0.6) is 5.75 Å². The van der Waals surface area contributed by atoms with Gasteiger partial charge in [0.25, 0.3) is 0 Å². The van der Waals surface area contributed by atoms with Gasteiger partial charge in [-0.3, -0.25) is 4.99 Å². The number of hydrogen-bond donors (Lipinski definition) is 1. The fourth-order valence-electron chi connectivity index (χ4n) is 2.43. The molecule has 25 heavy (non-hydrogen) atoms. The zero-order valence-electron chi connectivity index (χ0n) is 15.3. The van der Waals surface area contributed by atoms with Crippen molar-refractivity contribution in [2.45, 2.75) is 33.5 Å². The number of nitrogens with one attached hydrogen (secondary N) is 1. The third-order valence-corrected chi connectivity index (χ3v) is 3.67. The Balaban J connectivity index is 0.00000312. The van der Waals surface area contributed by atoms with E-state index in [2.05, 4.69) is 44.5 Å². The van der Waals surface area contributed by atoms with Crippen LogP contribution in [0, 0.1) is 0 Å². The molecular weight excluding hydrogens is 431 g/mol. The number of hydrogen-bond acceptors (Lipinski definition) is 4. The lowest BCUT2D eigenvalue weighted by molar-refractivity contribution is 0.340. The van der Waals surface area contributed by atoms with Crippen LogP contribution in [0.1, 0.15) is 25.2 Å². The van der Waals surface area contributed by atoms with Gasteiger partial charge in [0.15, 0.2) is 11.8 Å². The lowest BCUT2D eigenvalue weighted by Crippen LogP contribution is -2.38. The largest absolute Gasteiger partial charge is 0.494 e. The van der Waals surface area contributed by atoms with Gasteiger partial charge in [0.05, 0.1) is 13.2 Å². The SMILES string of the molecule is CCOc1ccc(CN(C)C(=NC)NCc2nncn2CC)cc1.I. The maximum Gasteiger partial charge on any atom is 0.194 e. The molecule has 1 aromatic carbocycles. The molecule has 0 atom stereocenters. The minimum atomic E-state index is 0. The topological polar surface area (TPSA) is 67.6 Å². The third kappa shape index (κ3) is 6.18. The Morgan fingerprint density at radius 1 is 1.28 bits per heavy atom. The molecule has 1 N–H and O–H groups in total. The molecule has 2 aromatic rings. The van der Waals surface area contributed by atoms with Crippen LogP contribution in [0.15, 0.2) is 35.6 Å². The molecule has 7 nitrogen and oxygen atoms in total. The van der Waals surface area contributed by atoms with Crippen molar-refractivity contribution in [1.82, 2.24) is 25.0 Å². The summed E-state index contributed by atoms with van der Waals surface area (Å²) in [5.41, 5.74) is 1.20. The van der Waals surface area contributed by atoms with Crippen molar-refractivity contribution in [3.63, 3.8) is 0 Å². The van der Waals surface area contributed by atoms with Crippen molar-refractivity contribution in [2.24, 2.45) is 4.99 Å². The molecule has 0 radical (unpaired) electrons. The summed E-state index contributed by atoms with van der Waals surface area (Å²) >= 11 is 0. The maximum atomic E-state index is 5.47. The van der Waals surface area contributed by atoms with Gasteiger partial charge in [-0.2, -0.15) is 0 Å². The minimum Gasteiger partial charge on any atom is -0.494 e. The number of aliphatic imine (C=N–C) groups is 1. The van der Waals surface area contributed by atoms with E-state index in [0.29, 0.717) is 13.2 Å². The number of guanidine groups is 1. The van der Waals surface area contributed by atoms with Crippen LogP contribution in [0.2, 0.25) is 0 Å². The van der Waals surface area contributed by atoms with E-state index in [-0.39, 0.29) is 24.0 Å². The summed E-state index contributed by atoms with van der Waals surface area (Å²) in [5, 5.41) is 11.4. The van der Waals surface area contributed by atoms with E-state index in [4.69, 9.17) is 4.74 Å². The van der Waals surface area contributed by atoms with E-state index in [1.54, 1.807) is 13.4 Å². The van der Waals surface area contributed by atoms with Crippen LogP contribution in [-0.2, 0) is 19.6 Å².